The highest BCUT2D eigenvalue weighted by molar-refractivity contribution is 9.10. The van der Waals surface area contributed by atoms with Crippen LogP contribution in [0.3, 0.4) is 0 Å². The maximum atomic E-state index is 4.42. The van der Waals surface area contributed by atoms with Crippen molar-refractivity contribution in [1.29, 1.82) is 0 Å². The summed E-state index contributed by atoms with van der Waals surface area (Å²) in [4.78, 5) is 12.9. The Labute approximate surface area is 102 Å². The SMILES string of the molecule is CCc1nc(Br)cc(-n2nc(C)nc2C)n1. The Morgan fingerprint density at radius 1 is 1.25 bits per heavy atom. The van der Waals surface area contributed by atoms with Crippen molar-refractivity contribution in [3.05, 3.63) is 28.1 Å². The van der Waals surface area contributed by atoms with Gasteiger partial charge in [0.25, 0.3) is 0 Å². The molecule has 0 aromatic carbocycles. The number of aromatic nitrogens is 5. The van der Waals surface area contributed by atoms with E-state index in [2.05, 4.69) is 36.0 Å². The molecule has 0 aliphatic carbocycles. The van der Waals surface area contributed by atoms with Crippen LogP contribution in [0.2, 0.25) is 0 Å². The van der Waals surface area contributed by atoms with Gasteiger partial charge in [-0.2, -0.15) is 4.68 Å². The Bertz CT molecular complexity index is 520. The number of nitrogens with zero attached hydrogens (tertiary/aromatic N) is 5. The molecule has 84 valence electrons. The standard InChI is InChI=1S/C10H12BrN5/c1-4-9-13-8(11)5-10(14-9)16-7(3)12-6(2)15-16/h5H,4H2,1-3H3. The Morgan fingerprint density at radius 3 is 2.56 bits per heavy atom. The highest BCUT2D eigenvalue weighted by atomic mass is 79.9. The molecule has 2 aromatic rings. The van der Waals surface area contributed by atoms with Crippen molar-refractivity contribution in [3.8, 4) is 5.82 Å². The maximum absolute atomic E-state index is 4.42. The third-order valence-electron chi connectivity index (χ3n) is 2.14. The lowest BCUT2D eigenvalue weighted by Crippen LogP contribution is -2.05. The summed E-state index contributed by atoms with van der Waals surface area (Å²) in [5.74, 6) is 3.10. The van der Waals surface area contributed by atoms with E-state index < -0.39 is 0 Å². The molecule has 2 rings (SSSR count). The van der Waals surface area contributed by atoms with Crippen LogP contribution >= 0.6 is 15.9 Å². The number of hydrogen-bond acceptors (Lipinski definition) is 4. The third-order valence-corrected chi connectivity index (χ3v) is 2.54. The summed E-state index contributed by atoms with van der Waals surface area (Å²) in [6.45, 7) is 5.78. The first-order chi connectivity index (χ1) is 7.60. The average Bonchev–Trinajstić information content (AvgIpc) is 2.57. The van der Waals surface area contributed by atoms with Crippen LogP contribution < -0.4 is 0 Å². The lowest BCUT2D eigenvalue weighted by atomic mass is 10.4. The molecular weight excluding hydrogens is 270 g/mol. The van der Waals surface area contributed by atoms with Gasteiger partial charge in [0.15, 0.2) is 5.82 Å². The molecule has 2 aromatic heterocycles. The summed E-state index contributed by atoms with van der Waals surface area (Å²) in [5.41, 5.74) is 0. The van der Waals surface area contributed by atoms with Crippen LogP contribution in [0.15, 0.2) is 10.7 Å². The fraction of sp³-hybridized carbons (Fsp3) is 0.400. The van der Waals surface area contributed by atoms with Gasteiger partial charge >= 0.3 is 0 Å². The zero-order valence-corrected chi connectivity index (χ0v) is 11.0. The van der Waals surface area contributed by atoms with Crippen molar-refractivity contribution in [2.75, 3.05) is 0 Å². The molecule has 0 aliphatic rings. The largest absolute Gasteiger partial charge is 0.226 e. The van der Waals surface area contributed by atoms with Crippen molar-refractivity contribution in [3.63, 3.8) is 0 Å². The first kappa shape index (κ1) is 11.2. The zero-order chi connectivity index (χ0) is 11.7. The molecule has 0 saturated carbocycles. The predicted molar refractivity (Wildman–Crippen MR) is 63.5 cm³/mol. The predicted octanol–water partition coefficient (Wildman–Crippen LogP) is 2.00. The van der Waals surface area contributed by atoms with Gasteiger partial charge in [0.05, 0.1) is 0 Å². The van der Waals surface area contributed by atoms with E-state index in [1.807, 2.05) is 26.8 Å². The number of hydrogen-bond donors (Lipinski definition) is 0. The maximum Gasteiger partial charge on any atom is 0.160 e. The van der Waals surface area contributed by atoms with Gasteiger partial charge in [-0.25, -0.2) is 15.0 Å². The molecule has 0 fully saturated rings. The molecule has 0 radical (unpaired) electrons. The lowest BCUT2D eigenvalue weighted by molar-refractivity contribution is 0.777. The molecule has 2 heterocycles. The van der Waals surface area contributed by atoms with Crippen LogP contribution in [-0.2, 0) is 6.42 Å². The summed E-state index contributed by atoms with van der Waals surface area (Å²) in [5, 5.41) is 4.29. The molecule has 0 N–H and O–H groups in total. The molecular formula is C10H12BrN5. The van der Waals surface area contributed by atoms with Crippen molar-refractivity contribution in [2.24, 2.45) is 0 Å². The van der Waals surface area contributed by atoms with E-state index in [4.69, 9.17) is 0 Å². The molecule has 0 atom stereocenters. The van der Waals surface area contributed by atoms with Crippen LogP contribution in [-0.4, -0.2) is 24.7 Å². The minimum atomic E-state index is 0.741. The van der Waals surface area contributed by atoms with Gasteiger partial charge in [-0.1, -0.05) is 6.92 Å². The monoisotopic (exact) mass is 281 g/mol. The van der Waals surface area contributed by atoms with E-state index in [9.17, 15) is 0 Å². The van der Waals surface area contributed by atoms with E-state index in [-0.39, 0.29) is 0 Å². The van der Waals surface area contributed by atoms with Crippen LogP contribution in [0.5, 0.6) is 0 Å². The van der Waals surface area contributed by atoms with Crippen molar-refractivity contribution in [1.82, 2.24) is 24.7 Å². The second-order valence-corrected chi connectivity index (χ2v) is 4.25. The first-order valence-corrected chi connectivity index (χ1v) is 5.83. The lowest BCUT2D eigenvalue weighted by Gasteiger charge is -2.04. The minimum Gasteiger partial charge on any atom is -0.226 e. The molecule has 0 aliphatic heterocycles. The third kappa shape index (κ3) is 2.11. The minimum absolute atomic E-state index is 0.741. The molecule has 6 heteroatoms. The van der Waals surface area contributed by atoms with E-state index in [0.717, 1.165) is 34.3 Å². The molecule has 0 bridgehead atoms. The molecule has 16 heavy (non-hydrogen) atoms. The molecule has 5 nitrogen and oxygen atoms in total. The fourth-order valence-corrected chi connectivity index (χ4v) is 1.87. The second-order valence-electron chi connectivity index (χ2n) is 3.44. The quantitative estimate of drug-likeness (QED) is 0.790. The van der Waals surface area contributed by atoms with E-state index in [1.165, 1.54) is 0 Å². The summed E-state index contributed by atoms with van der Waals surface area (Å²) >= 11 is 3.37. The topological polar surface area (TPSA) is 56.5 Å². The number of halogens is 1. The Balaban J connectivity index is 2.55. The van der Waals surface area contributed by atoms with Gasteiger partial charge in [-0.3, -0.25) is 0 Å². The smallest absolute Gasteiger partial charge is 0.160 e. The van der Waals surface area contributed by atoms with Gasteiger partial charge in [0, 0.05) is 12.5 Å². The van der Waals surface area contributed by atoms with Gasteiger partial charge in [0.1, 0.15) is 22.1 Å². The highest BCUT2D eigenvalue weighted by Gasteiger charge is 2.08. The van der Waals surface area contributed by atoms with Crippen LogP contribution in [0.4, 0.5) is 0 Å². The van der Waals surface area contributed by atoms with Crippen LogP contribution in [0.1, 0.15) is 24.4 Å². The van der Waals surface area contributed by atoms with Crippen molar-refractivity contribution < 1.29 is 0 Å². The molecule has 0 saturated heterocycles. The Morgan fingerprint density at radius 2 is 2.00 bits per heavy atom. The van der Waals surface area contributed by atoms with E-state index >= 15 is 0 Å². The van der Waals surface area contributed by atoms with E-state index in [0.29, 0.717) is 0 Å². The second kappa shape index (κ2) is 4.29. The zero-order valence-electron chi connectivity index (χ0n) is 9.40. The Hall–Kier alpha value is -1.30. The fourth-order valence-electron chi connectivity index (χ4n) is 1.46. The Kier molecular flexibility index (Phi) is 3.00. The van der Waals surface area contributed by atoms with Crippen LogP contribution in [0, 0.1) is 13.8 Å². The van der Waals surface area contributed by atoms with E-state index in [1.54, 1.807) is 4.68 Å². The number of aryl methyl sites for hydroxylation is 3. The van der Waals surface area contributed by atoms with Gasteiger partial charge in [-0.05, 0) is 29.8 Å². The average molecular weight is 282 g/mol. The van der Waals surface area contributed by atoms with Gasteiger partial charge in [-0.15, -0.1) is 5.10 Å². The summed E-state index contributed by atoms with van der Waals surface area (Å²) < 4.78 is 2.49. The molecule has 0 amide bonds. The van der Waals surface area contributed by atoms with Gasteiger partial charge in [0.2, 0.25) is 0 Å². The highest BCUT2D eigenvalue weighted by Crippen LogP contribution is 2.13. The summed E-state index contributed by atoms with van der Waals surface area (Å²) in [6.07, 6.45) is 0.791. The van der Waals surface area contributed by atoms with Crippen molar-refractivity contribution >= 4 is 15.9 Å². The summed E-state index contributed by atoms with van der Waals surface area (Å²) in [7, 11) is 0. The number of rotatable bonds is 2. The first-order valence-electron chi connectivity index (χ1n) is 5.04. The normalized spacial score (nSPS) is 10.8. The molecule has 0 unspecified atom stereocenters. The van der Waals surface area contributed by atoms with Crippen LogP contribution in [0.25, 0.3) is 5.82 Å². The summed E-state index contributed by atoms with van der Waals surface area (Å²) in [6, 6.07) is 1.83. The molecule has 0 spiro atoms. The van der Waals surface area contributed by atoms with Gasteiger partial charge < -0.3 is 0 Å². The van der Waals surface area contributed by atoms with Crippen molar-refractivity contribution in [2.45, 2.75) is 27.2 Å².